The highest BCUT2D eigenvalue weighted by atomic mass is 19.1. The van der Waals surface area contributed by atoms with Crippen molar-refractivity contribution in [3.05, 3.63) is 58.9 Å². The van der Waals surface area contributed by atoms with E-state index >= 15 is 0 Å². The molecule has 2 nitrogen and oxygen atoms in total. The summed E-state index contributed by atoms with van der Waals surface area (Å²) in [4.78, 5) is 0. The van der Waals surface area contributed by atoms with Crippen molar-refractivity contribution < 1.29 is 9.13 Å². The molecular weight excluding hydrogens is 253 g/mol. The van der Waals surface area contributed by atoms with E-state index in [9.17, 15) is 4.39 Å². The van der Waals surface area contributed by atoms with Gasteiger partial charge in [0.2, 0.25) is 0 Å². The summed E-state index contributed by atoms with van der Waals surface area (Å²) in [5.41, 5.74) is 4.01. The van der Waals surface area contributed by atoms with Gasteiger partial charge in [-0.05, 0) is 44.0 Å². The molecule has 2 aromatic rings. The Morgan fingerprint density at radius 2 is 1.70 bits per heavy atom. The number of anilines is 1. The Balaban J connectivity index is 1.90. The van der Waals surface area contributed by atoms with Crippen LogP contribution in [0.25, 0.3) is 0 Å². The first-order chi connectivity index (χ1) is 9.58. The zero-order valence-corrected chi connectivity index (χ0v) is 12.2. The summed E-state index contributed by atoms with van der Waals surface area (Å²) in [6, 6.07) is 10.9. The smallest absolute Gasteiger partial charge is 0.146 e. The van der Waals surface area contributed by atoms with Gasteiger partial charge in [-0.15, -0.1) is 0 Å². The van der Waals surface area contributed by atoms with Gasteiger partial charge in [0.25, 0.3) is 0 Å². The Morgan fingerprint density at radius 1 is 1.05 bits per heavy atom. The molecule has 2 rings (SSSR count). The zero-order valence-electron chi connectivity index (χ0n) is 12.2. The van der Waals surface area contributed by atoms with Gasteiger partial charge in [-0.1, -0.05) is 29.8 Å². The molecule has 0 spiro atoms. The molecule has 0 aliphatic carbocycles. The van der Waals surface area contributed by atoms with Gasteiger partial charge in [0.15, 0.2) is 0 Å². The van der Waals surface area contributed by atoms with Crippen molar-refractivity contribution in [2.45, 2.75) is 20.8 Å². The Kier molecular flexibility index (Phi) is 4.61. The molecule has 106 valence electrons. The number of nitrogens with one attached hydrogen (secondary N) is 1. The van der Waals surface area contributed by atoms with Crippen LogP contribution in [-0.2, 0) is 0 Å². The van der Waals surface area contributed by atoms with Gasteiger partial charge in [-0.3, -0.25) is 0 Å². The van der Waals surface area contributed by atoms with E-state index in [-0.39, 0.29) is 5.82 Å². The SMILES string of the molecule is Cc1cc(C)c(OCCNc2ccccc2F)c(C)c1. The van der Waals surface area contributed by atoms with Crippen LogP contribution in [0.3, 0.4) is 0 Å². The summed E-state index contributed by atoms with van der Waals surface area (Å²) in [7, 11) is 0. The van der Waals surface area contributed by atoms with Crippen molar-refractivity contribution in [3.8, 4) is 5.75 Å². The second kappa shape index (κ2) is 6.42. The summed E-state index contributed by atoms with van der Waals surface area (Å²) in [6.07, 6.45) is 0. The third-order valence-corrected chi connectivity index (χ3v) is 3.14. The van der Waals surface area contributed by atoms with Crippen molar-refractivity contribution in [2.24, 2.45) is 0 Å². The van der Waals surface area contributed by atoms with Crippen LogP contribution >= 0.6 is 0 Å². The molecular formula is C17H20FNO. The summed E-state index contributed by atoms with van der Waals surface area (Å²) in [5.74, 6) is 0.682. The van der Waals surface area contributed by atoms with Crippen molar-refractivity contribution >= 4 is 5.69 Å². The lowest BCUT2D eigenvalue weighted by atomic mass is 10.1. The van der Waals surface area contributed by atoms with Gasteiger partial charge in [0.05, 0.1) is 5.69 Å². The third-order valence-electron chi connectivity index (χ3n) is 3.14. The van der Waals surface area contributed by atoms with Crippen molar-refractivity contribution in [3.63, 3.8) is 0 Å². The largest absolute Gasteiger partial charge is 0.491 e. The maximum Gasteiger partial charge on any atom is 0.146 e. The van der Waals surface area contributed by atoms with E-state index in [4.69, 9.17) is 4.74 Å². The highest BCUT2D eigenvalue weighted by molar-refractivity contribution is 5.45. The Bertz CT molecular complexity index is 572. The van der Waals surface area contributed by atoms with Crippen LogP contribution in [0.4, 0.5) is 10.1 Å². The van der Waals surface area contributed by atoms with E-state index in [0.717, 1.165) is 16.9 Å². The molecule has 0 saturated heterocycles. The molecule has 0 radical (unpaired) electrons. The summed E-state index contributed by atoms with van der Waals surface area (Å²) < 4.78 is 19.2. The molecule has 0 saturated carbocycles. The lowest BCUT2D eigenvalue weighted by Crippen LogP contribution is -2.13. The van der Waals surface area contributed by atoms with E-state index < -0.39 is 0 Å². The molecule has 0 aromatic heterocycles. The highest BCUT2D eigenvalue weighted by Crippen LogP contribution is 2.24. The Hall–Kier alpha value is -2.03. The van der Waals surface area contributed by atoms with E-state index in [2.05, 4.69) is 24.4 Å². The van der Waals surface area contributed by atoms with Crippen LogP contribution in [0.5, 0.6) is 5.75 Å². The monoisotopic (exact) mass is 273 g/mol. The summed E-state index contributed by atoms with van der Waals surface area (Å²) >= 11 is 0. The fourth-order valence-corrected chi connectivity index (χ4v) is 2.34. The van der Waals surface area contributed by atoms with Gasteiger partial charge in [0.1, 0.15) is 18.2 Å². The fourth-order valence-electron chi connectivity index (χ4n) is 2.34. The van der Waals surface area contributed by atoms with Gasteiger partial charge < -0.3 is 10.1 Å². The Morgan fingerprint density at radius 3 is 2.35 bits per heavy atom. The molecule has 1 N–H and O–H groups in total. The first kappa shape index (κ1) is 14.4. The standard InChI is InChI=1S/C17H20FNO/c1-12-10-13(2)17(14(3)11-12)20-9-8-19-16-7-5-4-6-15(16)18/h4-7,10-11,19H,8-9H2,1-3H3. The molecule has 0 heterocycles. The third kappa shape index (κ3) is 3.50. The number of benzene rings is 2. The minimum Gasteiger partial charge on any atom is -0.491 e. The predicted molar refractivity (Wildman–Crippen MR) is 81.0 cm³/mol. The first-order valence-corrected chi connectivity index (χ1v) is 6.77. The second-order valence-corrected chi connectivity index (χ2v) is 4.98. The molecule has 2 aromatic carbocycles. The number of rotatable bonds is 5. The van der Waals surface area contributed by atoms with Crippen LogP contribution in [0.2, 0.25) is 0 Å². The highest BCUT2D eigenvalue weighted by Gasteiger charge is 2.05. The molecule has 0 unspecified atom stereocenters. The van der Waals surface area contributed by atoms with Gasteiger partial charge in [-0.25, -0.2) is 4.39 Å². The van der Waals surface area contributed by atoms with Crippen molar-refractivity contribution in [2.75, 3.05) is 18.5 Å². The Labute approximate surface area is 119 Å². The minimum atomic E-state index is -0.241. The van der Waals surface area contributed by atoms with E-state index in [0.29, 0.717) is 18.8 Å². The molecule has 0 bridgehead atoms. The number of hydrogen-bond acceptors (Lipinski definition) is 2. The van der Waals surface area contributed by atoms with Crippen LogP contribution < -0.4 is 10.1 Å². The number of aryl methyl sites for hydroxylation is 3. The number of halogens is 1. The molecule has 3 heteroatoms. The molecule has 20 heavy (non-hydrogen) atoms. The topological polar surface area (TPSA) is 21.3 Å². The fraction of sp³-hybridized carbons (Fsp3) is 0.294. The van der Waals surface area contributed by atoms with Crippen LogP contribution in [-0.4, -0.2) is 13.2 Å². The zero-order chi connectivity index (χ0) is 14.5. The predicted octanol–water partition coefficient (Wildman–Crippen LogP) is 4.24. The second-order valence-electron chi connectivity index (χ2n) is 4.98. The average Bonchev–Trinajstić information content (AvgIpc) is 2.38. The number of hydrogen-bond donors (Lipinski definition) is 1. The van der Waals surface area contributed by atoms with Crippen LogP contribution in [0.15, 0.2) is 36.4 Å². The van der Waals surface area contributed by atoms with E-state index in [1.807, 2.05) is 13.8 Å². The molecule has 0 amide bonds. The van der Waals surface area contributed by atoms with Crippen molar-refractivity contribution in [1.29, 1.82) is 0 Å². The van der Waals surface area contributed by atoms with E-state index in [1.165, 1.54) is 11.6 Å². The van der Waals surface area contributed by atoms with Crippen molar-refractivity contribution in [1.82, 2.24) is 0 Å². The van der Waals surface area contributed by atoms with Crippen LogP contribution in [0, 0.1) is 26.6 Å². The maximum absolute atomic E-state index is 13.4. The quantitative estimate of drug-likeness (QED) is 0.823. The molecule has 0 aliphatic rings. The van der Waals surface area contributed by atoms with Crippen LogP contribution in [0.1, 0.15) is 16.7 Å². The summed E-state index contributed by atoms with van der Waals surface area (Å²) in [6.45, 7) is 7.22. The number of para-hydroxylation sites is 1. The lowest BCUT2D eigenvalue weighted by Gasteiger charge is -2.14. The average molecular weight is 273 g/mol. The lowest BCUT2D eigenvalue weighted by molar-refractivity contribution is 0.328. The number of ether oxygens (including phenoxy) is 1. The first-order valence-electron chi connectivity index (χ1n) is 6.77. The summed E-state index contributed by atoms with van der Waals surface area (Å²) in [5, 5.41) is 3.03. The normalized spacial score (nSPS) is 10.4. The molecule has 0 atom stereocenters. The molecule has 0 fully saturated rings. The molecule has 0 aliphatic heterocycles. The van der Waals surface area contributed by atoms with Gasteiger partial charge >= 0.3 is 0 Å². The van der Waals surface area contributed by atoms with Gasteiger partial charge in [0, 0.05) is 6.54 Å². The van der Waals surface area contributed by atoms with E-state index in [1.54, 1.807) is 18.2 Å². The minimum absolute atomic E-state index is 0.241. The maximum atomic E-state index is 13.4. The van der Waals surface area contributed by atoms with Gasteiger partial charge in [-0.2, -0.15) is 0 Å².